The summed E-state index contributed by atoms with van der Waals surface area (Å²) in [6.45, 7) is 1.94. The third-order valence-corrected chi connectivity index (χ3v) is 3.60. The summed E-state index contributed by atoms with van der Waals surface area (Å²) in [6.07, 6.45) is 7.74. The number of benzene rings is 1. The van der Waals surface area contributed by atoms with Gasteiger partial charge in [-0.25, -0.2) is 4.79 Å². The highest BCUT2D eigenvalue weighted by Crippen LogP contribution is 2.12. The number of nitrogens with two attached hydrogens (primary N) is 1. The third-order valence-electron chi connectivity index (χ3n) is 3.60. The minimum Gasteiger partial charge on any atom is -0.459 e. The molecule has 0 heterocycles. The van der Waals surface area contributed by atoms with Crippen LogP contribution in [0, 0.1) is 0 Å². The fourth-order valence-corrected chi connectivity index (χ4v) is 2.32. The van der Waals surface area contributed by atoms with Crippen LogP contribution >= 0.6 is 0 Å². The number of amides is 1. The normalized spacial score (nSPS) is 11.9. The van der Waals surface area contributed by atoms with E-state index in [1.807, 2.05) is 25.1 Å². The topological polar surface area (TPSA) is 69.4 Å². The predicted octanol–water partition coefficient (Wildman–Crippen LogP) is 3.84. The third kappa shape index (κ3) is 8.45. The van der Waals surface area contributed by atoms with Crippen LogP contribution in [0.4, 0.5) is 0 Å². The van der Waals surface area contributed by atoms with E-state index in [-0.39, 0.29) is 18.0 Å². The highest BCUT2D eigenvalue weighted by Gasteiger charge is 2.10. The fraction of sp³-hybridized carbons (Fsp3) is 0.556. The van der Waals surface area contributed by atoms with Crippen LogP contribution in [0.3, 0.4) is 0 Å². The largest absolute Gasteiger partial charge is 0.459 e. The Balaban J connectivity index is 2.03. The van der Waals surface area contributed by atoms with Crippen LogP contribution in [0.25, 0.3) is 0 Å². The Hall–Kier alpha value is -1.84. The van der Waals surface area contributed by atoms with E-state index >= 15 is 0 Å². The van der Waals surface area contributed by atoms with Gasteiger partial charge >= 0.3 is 5.97 Å². The van der Waals surface area contributed by atoms with Gasteiger partial charge < -0.3 is 10.5 Å². The first-order valence-corrected chi connectivity index (χ1v) is 8.14. The molecule has 22 heavy (non-hydrogen) atoms. The first-order chi connectivity index (χ1) is 10.6. The number of carbonyl (C=O) groups excluding carboxylic acids is 2. The van der Waals surface area contributed by atoms with E-state index in [4.69, 9.17) is 10.5 Å². The van der Waals surface area contributed by atoms with Crippen LogP contribution in [-0.2, 0) is 9.53 Å². The van der Waals surface area contributed by atoms with Crippen molar-refractivity contribution >= 4 is 11.9 Å². The van der Waals surface area contributed by atoms with Crippen molar-refractivity contribution in [2.45, 2.75) is 64.4 Å². The Morgan fingerprint density at radius 3 is 2.23 bits per heavy atom. The summed E-state index contributed by atoms with van der Waals surface area (Å²) in [7, 11) is 0. The minimum atomic E-state index is -0.250. The van der Waals surface area contributed by atoms with Crippen molar-refractivity contribution in [2.24, 2.45) is 5.73 Å². The van der Waals surface area contributed by atoms with Crippen LogP contribution in [0.1, 0.15) is 68.6 Å². The molecule has 1 rings (SSSR count). The Morgan fingerprint density at radius 2 is 1.59 bits per heavy atom. The fourth-order valence-electron chi connectivity index (χ4n) is 2.32. The highest BCUT2D eigenvalue weighted by molar-refractivity contribution is 5.89. The van der Waals surface area contributed by atoms with Crippen molar-refractivity contribution in [2.75, 3.05) is 0 Å². The summed E-state index contributed by atoms with van der Waals surface area (Å²) in [5.74, 6) is -0.464. The van der Waals surface area contributed by atoms with E-state index in [1.165, 1.54) is 0 Å². The molecular weight excluding hydrogens is 278 g/mol. The zero-order valence-corrected chi connectivity index (χ0v) is 13.4. The molecule has 4 nitrogen and oxygen atoms in total. The molecule has 0 aliphatic rings. The van der Waals surface area contributed by atoms with Crippen LogP contribution < -0.4 is 5.73 Å². The highest BCUT2D eigenvalue weighted by atomic mass is 16.5. The van der Waals surface area contributed by atoms with Gasteiger partial charge in [-0.15, -0.1) is 0 Å². The Bertz CT molecular complexity index is 445. The number of unbranched alkanes of at least 4 members (excludes halogenated alkanes) is 5. The van der Waals surface area contributed by atoms with Gasteiger partial charge in [0.05, 0.1) is 11.7 Å². The van der Waals surface area contributed by atoms with E-state index in [1.54, 1.807) is 12.1 Å². The molecule has 0 spiro atoms. The lowest BCUT2D eigenvalue weighted by molar-refractivity contribution is -0.118. The first-order valence-electron chi connectivity index (χ1n) is 8.14. The van der Waals surface area contributed by atoms with Crippen LogP contribution in [-0.4, -0.2) is 18.0 Å². The van der Waals surface area contributed by atoms with Gasteiger partial charge in [0.15, 0.2) is 0 Å². The molecule has 122 valence electrons. The molecule has 0 aliphatic heterocycles. The summed E-state index contributed by atoms with van der Waals surface area (Å²) in [6, 6.07) is 9.07. The number of primary amides is 1. The molecule has 1 aromatic carbocycles. The summed E-state index contributed by atoms with van der Waals surface area (Å²) in [4.78, 5) is 22.4. The van der Waals surface area contributed by atoms with Crippen molar-refractivity contribution < 1.29 is 14.3 Å². The molecule has 4 heteroatoms. The molecule has 0 fully saturated rings. The number of hydrogen-bond donors (Lipinski definition) is 1. The van der Waals surface area contributed by atoms with E-state index in [9.17, 15) is 9.59 Å². The zero-order chi connectivity index (χ0) is 16.2. The summed E-state index contributed by atoms with van der Waals surface area (Å²) in [5.41, 5.74) is 5.69. The molecule has 0 radical (unpaired) electrons. The summed E-state index contributed by atoms with van der Waals surface area (Å²) < 4.78 is 5.42. The Labute approximate surface area is 133 Å². The lowest BCUT2D eigenvalue weighted by atomic mass is 10.1. The predicted molar refractivity (Wildman–Crippen MR) is 87.4 cm³/mol. The molecule has 1 aromatic rings. The van der Waals surface area contributed by atoms with Gasteiger partial charge in [0, 0.05) is 6.42 Å². The summed E-state index contributed by atoms with van der Waals surface area (Å²) >= 11 is 0. The molecular formula is C18H27NO3. The van der Waals surface area contributed by atoms with Gasteiger partial charge in [-0.05, 0) is 38.3 Å². The Kier molecular flexibility index (Phi) is 8.96. The lowest BCUT2D eigenvalue weighted by Gasteiger charge is -2.13. The van der Waals surface area contributed by atoms with Gasteiger partial charge in [0.1, 0.15) is 0 Å². The molecule has 1 unspecified atom stereocenters. The number of hydrogen-bond acceptors (Lipinski definition) is 3. The van der Waals surface area contributed by atoms with Crippen molar-refractivity contribution in [3.63, 3.8) is 0 Å². The van der Waals surface area contributed by atoms with E-state index in [0.29, 0.717) is 12.0 Å². The van der Waals surface area contributed by atoms with Crippen molar-refractivity contribution in [3.8, 4) is 0 Å². The van der Waals surface area contributed by atoms with Crippen molar-refractivity contribution in [1.82, 2.24) is 0 Å². The average Bonchev–Trinajstić information content (AvgIpc) is 2.50. The number of esters is 1. The van der Waals surface area contributed by atoms with Gasteiger partial charge in [-0.1, -0.05) is 43.9 Å². The second-order valence-electron chi connectivity index (χ2n) is 5.71. The maximum Gasteiger partial charge on any atom is 0.338 e. The maximum absolute atomic E-state index is 11.9. The molecule has 0 saturated carbocycles. The van der Waals surface area contributed by atoms with Gasteiger partial charge in [-0.3, -0.25) is 4.79 Å². The zero-order valence-electron chi connectivity index (χ0n) is 13.4. The number of rotatable bonds is 11. The van der Waals surface area contributed by atoms with Gasteiger partial charge in [0.25, 0.3) is 0 Å². The first kappa shape index (κ1) is 18.2. The Morgan fingerprint density at radius 1 is 1.00 bits per heavy atom. The van der Waals surface area contributed by atoms with Gasteiger partial charge in [-0.2, -0.15) is 0 Å². The minimum absolute atomic E-state index is 0.0532. The number of carbonyl (C=O) groups is 2. The van der Waals surface area contributed by atoms with Crippen molar-refractivity contribution in [1.29, 1.82) is 0 Å². The van der Waals surface area contributed by atoms with Crippen LogP contribution in [0.5, 0.6) is 0 Å². The molecule has 0 bridgehead atoms. The monoisotopic (exact) mass is 305 g/mol. The second kappa shape index (κ2) is 10.8. The molecule has 1 atom stereocenters. The van der Waals surface area contributed by atoms with Crippen LogP contribution in [0.2, 0.25) is 0 Å². The van der Waals surface area contributed by atoms with E-state index in [0.717, 1.165) is 44.9 Å². The summed E-state index contributed by atoms with van der Waals surface area (Å²) in [5, 5.41) is 0. The molecule has 0 saturated heterocycles. The standard InChI is InChI=1S/C18H27NO3/c1-15(22-18(21)16-12-8-6-9-13-16)11-7-4-2-3-5-10-14-17(19)20/h6,8-9,12-13,15H,2-5,7,10-11,14H2,1H3,(H2,19,20). The second-order valence-corrected chi connectivity index (χ2v) is 5.71. The lowest BCUT2D eigenvalue weighted by Crippen LogP contribution is -2.14. The molecule has 1 amide bonds. The van der Waals surface area contributed by atoms with E-state index < -0.39 is 0 Å². The molecule has 2 N–H and O–H groups in total. The smallest absolute Gasteiger partial charge is 0.338 e. The average molecular weight is 305 g/mol. The molecule has 0 aliphatic carbocycles. The van der Waals surface area contributed by atoms with E-state index in [2.05, 4.69) is 0 Å². The molecule has 0 aromatic heterocycles. The quantitative estimate of drug-likeness (QED) is 0.499. The van der Waals surface area contributed by atoms with Crippen molar-refractivity contribution in [3.05, 3.63) is 35.9 Å². The number of ether oxygens (including phenoxy) is 1. The van der Waals surface area contributed by atoms with Crippen LogP contribution in [0.15, 0.2) is 30.3 Å². The SMILES string of the molecule is CC(CCCCCCCCC(N)=O)OC(=O)c1ccccc1. The van der Waals surface area contributed by atoms with Gasteiger partial charge in [0.2, 0.25) is 5.91 Å². The maximum atomic E-state index is 11.9.